The SMILES string of the molecule is C=CCCC(=O)N1CCN[C@@H](C)C1. The van der Waals surface area contributed by atoms with Crippen LogP contribution >= 0.6 is 0 Å². The number of nitrogens with zero attached hydrogens (tertiary/aromatic N) is 1. The van der Waals surface area contributed by atoms with E-state index in [2.05, 4.69) is 18.8 Å². The molecule has 0 radical (unpaired) electrons. The summed E-state index contributed by atoms with van der Waals surface area (Å²) in [5.74, 6) is 0.258. The van der Waals surface area contributed by atoms with Crippen molar-refractivity contribution in [2.45, 2.75) is 25.8 Å². The number of hydrogen-bond acceptors (Lipinski definition) is 2. The summed E-state index contributed by atoms with van der Waals surface area (Å²) in [6, 6.07) is 0.432. The molecular weight excluding hydrogens is 164 g/mol. The zero-order valence-electron chi connectivity index (χ0n) is 8.25. The zero-order chi connectivity index (χ0) is 9.68. The van der Waals surface area contributed by atoms with Gasteiger partial charge in [0.2, 0.25) is 5.91 Å². The monoisotopic (exact) mass is 182 g/mol. The van der Waals surface area contributed by atoms with Crippen LogP contribution in [0.15, 0.2) is 12.7 Å². The summed E-state index contributed by atoms with van der Waals surface area (Å²) in [5.41, 5.74) is 0. The number of carbonyl (C=O) groups is 1. The van der Waals surface area contributed by atoms with Gasteiger partial charge in [-0.25, -0.2) is 0 Å². The topological polar surface area (TPSA) is 32.3 Å². The molecule has 0 unspecified atom stereocenters. The fourth-order valence-electron chi connectivity index (χ4n) is 1.54. The molecule has 1 aliphatic rings. The van der Waals surface area contributed by atoms with Crippen molar-refractivity contribution in [3.05, 3.63) is 12.7 Å². The molecule has 1 fully saturated rings. The molecule has 0 aromatic carbocycles. The smallest absolute Gasteiger partial charge is 0.222 e. The Bertz CT molecular complexity index is 191. The van der Waals surface area contributed by atoms with E-state index >= 15 is 0 Å². The average Bonchev–Trinajstić information content (AvgIpc) is 2.14. The van der Waals surface area contributed by atoms with Crippen molar-refractivity contribution in [3.8, 4) is 0 Å². The van der Waals surface area contributed by atoms with Gasteiger partial charge >= 0.3 is 0 Å². The van der Waals surface area contributed by atoms with E-state index in [9.17, 15) is 4.79 Å². The molecule has 74 valence electrons. The summed E-state index contributed by atoms with van der Waals surface area (Å²) in [7, 11) is 0. The predicted molar refractivity (Wildman–Crippen MR) is 53.5 cm³/mol. The summed E-state index contributed by atoms with van der Waals surface area (Å²) >= 11 is 0. The Morgan fingerprint density at radius 1 is 1.77 bits per heavy atom. The first-order valence-electron chi connectivity index (χ1n) is 4.86. The third kappa shape index (κ3) is 3.19. The van der Waals surface area contributed by atoms with Crippen LogP contribution < -0.4 is 5.32 Å². The standard InChI is InChI=1S/C10H18N2O/c1-3-4-5-10(13)12-7-6-11-9(2)8-12/h3,9,11H,1,4-8H2,2H3/t9-/m0/s1. The third-order valence-electron chi connectivity index (χ3n) is 2.28. The van der Waals surface area contributed by atoms with E-state index in [0.717, 1.165) is 26.1 Å². The van der Waals surface area contributed by atoms with Gasteiger partial charge in [0.1, 0.15) is 0 Å². The lowest BCUT2D eigenvalue weighted by Crippen LogP contribution is -2.51. The summed E-state index contributed by atoms with van der Waals surface area (Å²) < 4.78 is 0. The quantitative estimate of drug-likeness (QED) is 0.654. The zero-order valence-corrected chi connectivity index (χ0v) is 8.25. The molecule has 1 saturated heterocycles. The van der Waals surface area contributed by atoms with Gasteiger partial charge in [0.05, 0.1) is 0 Å². The highest BCUT2D eigenvalue weighted by Gasteiger charge is 2.19. The maximum atomic E-state index is 11.6. The van der Waals surface area contributed by atoms with Gasteiger partial charge in [-0.2, -0.15) is 0 Å². The minimum atomic E-state index is 0.258. The number of allylic oxidation sites excluding steroid dienone is 1. The molecule has 0 aromatic rings. The number of piperazine rings is 1. The van der Waals surface area contributed by atoms with Crippen LogP contribution in [0.25, 0.3) is 0 Å². The number of carbonyl (C=O) groups excluding carboxylic acids is 1. The molecule has 1 N–H and O–H groups in total. The second-order valence-corrected chi connectivity index (χ2v) is 3.52. The van der Waals surface area contributed by atoms with Crippen LogP contribution in [0.5, 0.6) is 0 Å². The molecule has 0 spiro atoms. The molecule has 0 bridgehead atoms. The lowest BCUT2D eigenvalue weighted by atomic mass is 10.2. The van der Waals surface area contributed by atoms with E-state index in [1.54, 1.807) is 6.08 Å². The van der Waals surface area contributed by atoms with E-state index in [-0.39, 0.29) is 5.91 Å². The summed E-state index contributed by atoms with van der Waals surface area (Å²) in [6.45, 7) is 8.32. The van der Waals surface area contributed by atoms with E-state index in [4.69, 9.17) is 0 Å². The van der Waals surface area contributed by atoms with Crippen molar-refractivity contribution in [2.75, 3.05) is 19.6 Å². The number of nitrogens with one attached hydrogen (secondary N) is 1. The van der Waals surface area contributed by atoms with E-state index in [0.29, 0.717) is 12.5 Å². The van der Waals surface area contributed by atoms with Gasteiger partial charge in [-0.1, -0.05) is 6.08 Å². The Morgan fingerprint density at radius 3 is 3.15 bits per heavy atom. The van der Waals surface area contributed by atoms with Crippen molar-refractivity contribution in [3.63, 3.8) is 0 Å². The van der Waals surface area contributed by atoms with Gasteiger partial charge in [-0.15, -0.1) is 6.58 Å². The van der Waals surface area contributed by atoms with E-state index in [1.807, 2.05) is 4.90 Å². The first kappa shape index (κ1) is 10.3. The van der Waals surface area contributed by atoms with Crippen LogP contribution in [0.1, 0.15) is 19.8 Å². The molecule has 1 amide bonds. The summed E-state index contributed by atoms with van der Waals surface area (Å²) in [6.07, 6.45) is 3.19. The maximum Gasteiger partial charge on any atom is 0.222 e. The minimum Gasteiger partial charge on any atom is -0.340 e. The largest absolute Gasteiger partial charge is 0.340 e. The van der Waals surface area contributed by atoms with Gasteiger partial charge < -0.3 is 10.2 Å². The van der Waals surface area contributed by atoms with E-state index < -0.39 is 0 Å². The van der Waals surface area contributed by atoms with Gasteiger partial charge in [0.15, 0.2) is 0 Å². The first-order valence-corrected chi connectivity index (χ1v) is 4.86. The van der Waals surface area contributed by atoms with Gasteiger partial charge in [0, 0.05) is 32.1 Å². The molecular formula is C10H18N2O. The van der Waals surface area contributed by atoms with Crippen LogP contribution in [0.2, 0.25) is 0 Å². The highest BCUT2D eigenvalue weighted by Crippen LogP contribution is 2.03. The number of amides is 1. The van der Waals surface area contributed by atoms with Crippen LogP contribution in [-0.2, 0) is 4.79 Å². The molecule has 0 aromatic heterocycles. The third-order valence-corrected chi connectivity index (χ3v) is 2.28. The van der Waals surface area contributed by atoms with Crippen molar-refractivity contribution < 1.29 is 4.79 Å². The van der Waals surface area contributed by atoms with E-state index in [1.165, 1.54) is 0 Å². The molecule has 1 aliphatic heterocycles. The Morgan fingerprint density at radius 2 is 2.54 bits per heavy atom. The Labute approximate surface area is 79.8 Å². The Balaban J connectivity index is 2.32. The van der Waals surface area contributed by atoms with Gasteiger partial charge in [-0.05, 0) is 13.3 Å². The molecule has 1 atom stereocenters. The molecule has 0 aliphatic carbocycles. The van der Waals surface area contributed by atoms with Gasteiger partial charge in [0.25, 0.3) is 0 Å². The number of rotatable bonds is 3. The molecule has 0 saturated carbocycles. The second kappa shape index (κ2) is 5.02. The van der Waals surface area contributed by atoms with Crippen LogP contribution in [0, 0.1) is 0 Å². The number of hydrogen-bond donors (Lipinski definition) is 1. The Kier molecular flexibility index (Phi) is 3.96. The average molecular weight is 182 g/mol. The molecule has 13 heavy (non-hydrogen) atoms. The fraction of sp³-hybridized carbons (Fsp3) is 0.700. The summed E-state index contributed by atoms with van der Waals surface area (Å²) in [4.78, 5) is 13.5. The van der Waals surface area contributed by atoms with Crippen LogP contribution in [0.4, 0.5) is 0 Å². The normalized spacial score (nSPS) is 22.8. The molecule has 1 heterocycles. The molecule has 3 heteroatoms. The minimum absolute atomic E-state index is 0.258. The second-order valence-electron chi connectivity index (χ2n) is 3.52. The highest BCUT2D eigenvalue weighted by molar-refractivity contribution is 5.76. The maximum absolute atomic E-state index is 11.6. The van der Waals surface area contributed by atoms with Crippen molar-refractivity contribution in [2.24, 2.45) is 0 Å². The van der Waals surface area contributed by atoms with Gasteiger partial charge in [-0.3, -0.25) is 4.79 Å². The highest BCUT2D eigenvalue weighted by atomic mass is 16.2. The first-order chi connectivity index (χ1) is 6.24. The Hall–Kier alpha value is -0.830. The predicted octanol–water partition coefficient (Wildman–Crippen LogP) is 0.773. The lowest BCUT2D eigenvalue weighted by molar-refractivity contribution is -0.132. The van der Waals surface area contributed by atoms with Crippen LogP contribution in [0.3, 0.4) is 0 Å². The van der Waals surface area contributed by atoms with Crippen molar-refractivity contribution in [1.29, 1.82) is 0 Å². The fourth-order valence-corrected chi connectivity index (χ4v) is 1.54. The van der Waals surface area contributed by atoms with Crippen molar-refractivity contribution in [1.82, 2.24) is 10.2 Å². The lowest BCUT2D eigenvalue weighted by Gasteiger charge is -2.31. The van der Waals surface area contributed by atoms with Crippen molar-refractivity contribution >= 4 is 5.91 Å². The molecule has 3 nitrogen and oxygen atoms in total. The van der Waals surface area contributed by atoms with Crippen LogP contribution in [-0.4, -0.2) is 36.5 Å². The summed E-state index contributed by atoms with van der Waals surface area (Å²) in [5, 5.41) is 3.31. The molecule has 1 rings (SSSR count).